The predicted molar refractivity (Wildman–Crippen MR) is 131 cm³/mol. The first-order valence-electron chi connectivity index (χ1n) is 12.1. The molecule has 1 aliphatic heterocycles. The van der Waals surface area contributed by atoms with Gasteiger partial charge in [-0.3, -0.25) is 14.6 Å². The topological polar surface area (TPSA) is 110 Å². The number of nitrogens with one attached hydrogen (secondary N) is 2. The molecular weight excluding hydrogens is 448 g/mol. The van der Waals surface area contributed by atoms with E-state index in [-0.39, 0.29) is 31.0 Å². The van der Waals surface area contributed by atoms with Gasteiger partial charge < -0.3 is 25.0 Å². The van der Waals surface area contributed by atoms with Gasteiger partial charge in [0.1, 0.15) is 12.3 Å². The molecule has 1 aromatic carbocycles. The molecule has 1 fully saturated rings. The summed E-state index contributed by atoms with van der Waals surface area (Å²) < 4.78 is 10.5. The average Bonchev–Trinajstić information content (AvgIpc) is 2.87. The number of aromatic nitrogens is 1. The number of para-hydroxylation sites is 1. The van der Waals surface area contributed by atoms with Crippen LogP contribution in [0.3, 0.4) is 0 Å². The molecule has 35 heavy (non-hydrogen) atoms. The molecule has 2 heterocycles. The molecule has 188 valence electrons. The Morgan fingerprint density at radius 2 is 1.77 bits per heavy atom. The summed E-state index contributed by atoms with van der Waals surface area (Å²) in [5.41, 5.74) is 3.06. The maximum Gasteiger partial charge on any atom is 0.325 e. The van der Waals surface area contributed by atoms with Crippen molar-refractivity contribution in [2.75, 3.05) is 32.8 Å². The minimum atomic E-state index is -0.459. The second-order valence-corrected chi connectivity index (χ2v) is 8.33. The molecule has 1 aromatic heterocycles. The number of piperidine rings is 1. The first-order chi connectivity index (χ1) is 16.9. The van der Waals surface area contributed by atoms with Gasteiger partial charge in [-0.05, 0) is 51.8 Å². The Morgan fingerprint density at radius 3 is 2.49 bits per heavy atom. The minimum Gasteiger partial charge on any atom is -0.494 e. The van der Waals surface area contributed by atoms with Gasteiger partial charge in [0.15, 0.2) is 0 Å². The second-order valence-electron chi connectivity index (χ2n) is 8.33. The van der Waals surface area contributed by atoms with E-state index in [4.69, 9.17) is 14.5 Å². The van der Waals surface area contributed by atoms with Crippen molar-refractivity contribution in [3.05, 3.63) is 58.9 Å². The molecule has 2 N–H and O–H groups in total. The third-order valence-electron chi connectivity index (χ3n) is 5.88. The number of nitrogens with zero attached hydrogens (tertiary/aromatic N) is 2. The SMILES string of the molecule is CCOC(=O)CNC(=O)N1CCC(c2nc(C)ccc2C(=O)NCc2ccccc2OCC)CC1. The van der Waals surface area contributed by atoms with Crippen molar-refractivity contribution in [2.24, 2.45) is 0 Å². The van der Waals surface area contributed by atoms with E-state index < -0.39 is 5.97 Å². The Hall–Kier alpha value is -3.62. The van der Waals surface area contributed by atoms with Crippen LogP contribution in [0.5, 0.6) is 5.75 Å². The first-order valence-corrected chi connectivity index (χ1v) is 12.1. The highest BCUT2D eigenvalue weighted by Crippen LogP contribution is 2.29. The lowest BCUT2D eigenvalue weighted by Crippen LogP contribution is -2.46. The van der Waals surface area contributed by atoms with E-state index in [1.807, 2.05) is 50.2 Å². The third kappa shape index (κ3) is 7.18. The van der Waals surface area contributed by atoms with Gasteiger partial charge in [-0.1, -0.05) is 18.2 Å². The largest absolute Gasteiger partial charge is 0.494 e. The number of carbonyl (C=O) groups is 3. The Morgan fingerprint density at radius 1 is 1.03 bits per heavy atom. The predicted octanol–water partition coefficient (Wildman–Crippen LogP) is 3.17. The number of benzene rings is 1. The zero-order valence-electron chi connectivity index (χ0n) is 20.6. The Bertz CT molecular complexity index is 1030. The van der Waals surface area contributed by atoms with Crippen LogP contribution in [0.15, 0.2) is 36.4 Å². The van der Waals surface area contributed by atoms with Crippen molar-refractivity contribution in [1.82, 2.24) is 20.5 Å². The minimum absolute atomic E-state index is 0.0560. The van der Waals surface area contributed by atoms with Crippen LogP contribution in [0.4, 0.5) is 4.79 Å². The first kappa shape index (κ1) is 26.0. The van der Waals surface area contributed by atoms with Gasteiger partial charge in [0.2, 0.25) is 0 Å². The summed E-state index contributed by atoms with van der Waals surface area (Å²) in [7, 11) is 0. The number of urea groups is 1. The molecule has 0 spiro atoms. The summed E-state index contributed by atoms with van der Waals surface area (Å²) in [5.74, 6) is 0.166. The lowest BCUT2D eigenvalue weighted by atomic mass is 9.90. The summed E-state index contributed by atoms with van der Waals surface area (Å²) in [5, 5.41) is 5.60. The van der Waals surface area contributed by atoms with E-state index in [1.54, 1.807) is 11.8 Å². The number of amides is 3. The molecule has 3 amide bonds. The van der Waals surface area contributed by atoms with Crippen LogP contribution in [0.25, 0.3) is 0 Å². The summed E-state index contributed by atoms with van der Waals surface area (Å²) in [6.07, 6.45) is 1.35. The maximum atomic E-state index is 13.1. The van der Waals surface area contributed by atoms with Crippen molar-refractivity contribution in [3.63, 3.8) is 0 Å². The van der Waals surface area contributed by atoms with Crippen molar-refractivity contribution in [3.8, 4) is 5.75 Å². The molecule has 0 radical (unpaired) electrons. The number of aryl methyl sites for hydroxylation is 1. The maximum absolute atomic E-state index is 13.1. The molecule has 0 aliphatic carbocycles. The van der Waals surface area contributed by atoms with E-state index in [1.165, 1.54) is 0 Å². The Balaban J connectivity index is 1.62. The van der Waals surface area contributed by atoms with Crippen LogP contribution >= 0.6 is 0 Å². The summed E-state index contributed by atoms with van der Waals surface area (Å²) in [6, 6.07) is 11.0. The van der Waals surface area contributed by atoms with Crippen LogP contribution in [0.1, 0.15) is 59.9 Å². The van der Waals surface area contributed by atoms with Gasteiger partial charge in [-0.25, -0.2) is 4.79 Å². The van der Waals surface area contributed by atoms with E-state index >= 15 is 0 Å². The lowest BCUT2D eigenvalue weighted by Gasteiger charge is -2.32. The van der Waals surface area contributed by atoms with Gasteiger partial charge in [0.25, 0.3) is 5.91 Å². The highest BCUT2D eigenvalue weighted by atomic mass is 16.5. The molecule has 0 bridgehead atoms. The third-order valence-corrected chi connectivity index (χ3v) is 5.88. The van der Waals surface area contributed by atoms with Crippen LogP contribution in [0.2, 0.25) is 0 Å². The van der Waals surface area contributed by atoms with E-state index in [0.717, 1.165) is 22.7 Å². The number of hydrogen-bond donors (Lipinski definition) is 2. The molecule has 0 saturated carbocycles. The number of esters is 1. The van der Waals surface area contributed by atoms with Gasteiger partial charge >= 0.3 is 12.0 Å². The van der Waals surface area contributed by atoms with Crippen molar-refractivity contribution >= 4 is 17.9 Å². The van der Waals surface area contributed by atoms with Gasteiger partial charge in [0, 0.05) is 36.8 Å². The van der Waals surface area contributed by atoms with Crippen LogP contribution in [-0.2, 0) is 16.1 Å². The number of hydrogen-bond acceptors (Lipinski definition) is 6. The smallest absolute Gasteiger partial charge is 0.325 e. The number of ether oxygens (including phenoxy) is 2. The van der Waals surface area contributed by atoms with Gasteiger partial charge in [0.05, 0.1) is 24.5 Å². The quantitative estimate of drug-likeness (QED) is 0.532. The highest BCUT2D eigenvalue weighted by Gasteiger charge is 2.28. The Labute approximate surface area is 206 Å². The zero-order chi connectivity index (χ0) is 25.2. The Kier molecular flexibility index (Phi) is 9.46. The van der Waals surface area contributed by atoms with Crippen molar-refractivity contribution in [1.29, 1.82) is 0 Å². The number of carbonyl (C=O) groups excluding carboxylic acids is 3. The normalized spacial score (nSPS) is 13.7. The lowest BCUT2D eigenvalue weighted by molar-refractivity contribution is -0.141. The molecule has 1 aliphatic rings. The molecule has 9 nitrogen and oxygen atoms in total. The van der Waals surface area contributed by atoms with Gasteiger partial charge in [-0.2, -0.15) is 0 Å². The fourth-order valence-corrected chi connectivity index (χ4v) is 4.12. The van der Waals surface area contributed by atoms with Crippen molar-refractivity contribution < 1.29 is 23.9 Å². The molecule has 1 saturated heterocycles. The standard InChI is InChI=1S/C26H34N4O5/c1-4-34-22-9-7-6-8-20(22)16-27-25(32)21-11-10-18(3)29-24(21)19-12-14-30(15-13-19)26(33)28-17-23(31)35-5-2/h6-11,19H,4-5,12-17H2,1-3H3,(H,27,32)(H,28,33). The molecule has 3 rings (SSSR count). The summed E-state index contributed by atoms with van der Waals surface area (Å²) >= 11 is 0. The van der Waals surface area contributed by atoms with Crippen LogP contribution in [-0.4, -0.2) is 60.6 Å². The number of pyridine rings is 1. The van der Waals surface area contributed by atoms with Crippen LogP contribution in [0, 0.1) is 6.92 Å². The van der Waals surface area contributed by atoms with E-state index in [0.29, 0.717) is 44.6 Å². The molecule has 0 unspecified atom stereocenters. The molecule has 0 atom stereocenters. The average molecular weight is 483 g/mol. The fraction of sp³-hybridized carbons (Fsp3) is 0.462. The fourth-order valence-electron chi connectivity index (χ4n) is 4.12. The van der Waals surface area contributed by atoms with Crippen LogP contribution < -0.4 is 15.4 Å². The zero-order valence-corrected chi connectivity index (χ0v) is 20.6. The summed E-state index contributed by atoms with van der Waals surface area (Å²) in [6.45, 7) is 7.60. The molecule has 9 heteroatoms. The second kappa shape index (κ2) is 12.7. The summed E-state index contributed by atoms with van der Waals surface area (Å²) in [4.78, 5) is 43.4. The monoisotopic (exact) mass is 482 g/mol. The van der Waals surface area contributed by atoms with E-state index in [9.17, 15) is 14.4 Å². The molecular formula is C26H34N4O5. The highest BCUT2D eigenvalue weighted by molar-refractivity contribution is 5.95. The van der Waals surface area contributed by atoms with Gasteiger partial charge in [-0.15, -0.1) is 0 Å². The van der Waals surface area contributed by atoms with E-state index in [2.05, 4.69) is 10.6 Å². The number of likely N-dealkylation sites (tertiary alicyclic amines) is 1. The number of rotatable bonds is 9. The van der Waals surface area contributed by atoms with Crippen molar-refractivity contribution in [2.45, 2.75) is 46.1 Å². The molecule has 2 aromatic rings.